The van der Waals surface area contributed by atoms with E-state index in [-0.39, 0.29) is 5.41 Å². The van der Waals surface area contributed by atoms with E-state index in [1.807, 2.05) is 0 Å². The van der Waals surface area contributed by atoms with Crippen molar-refractivity contribution in [1.82, 2.24) is 0 Å². The molecule has 0 N–H and O–H groups in total. The lowest BCUT2D eigenvalue weighted by Crippen LogP contribution is -2.55. The van der Waals surface area contributed by atoms with Crippen LogP contribution >= 0.6 is 0 Å². The fourth-order valence-electron chi connectivity index (χ4n) is 12.4. The average molecular weight is 665 g/mol. The van der Waals surface area contributed by atoms with Crippen LogP contribution < -0.4 is 0 Å². The molecule has 248 valence electrons. The lowest BCUT2D eigenvalue weighted by molar-refractivity contribution is -0.0399. The van der Waals surface area contributed by atoms with Gasteiger partial charge in [-0.1, -0.05) is 152 Å². The first kappa shape index (κ1) is 29.2. The largest absolute Gasteiger partial charge is 0.0622 e. The number of benzene rings is 8. The molecular formula is C52H40. The number of rotatable bonds is 3. The van der Waals surface area contributed by atoms with Crippen molar-refractivity contribution < 1.29 is 0 Å². The quantitative estimate of drug-likeness (QED) is 0.165. The highest BCUT2D eigenvalue weighted by molar-refractivity contribution is 6.24. The van der Waals surface area contributed by atoms with E-state index in [9.17, 15) is 0 Å². The van der Waals surface area contributed by atoms with Crippen LogP contribution in [-0.4, -0.2) is 0 Å². The van der Waals surface area contributed by atoms with Crippen LogP contribution in [0.5, 0.6) is 0 Å². The first-order valence-electron chi connectivity index (χ1n) is 19.5. The zero-order valence-electron chi connectivity index (χ0n) is 29.4. The summed E-state index contributed by atoms with van der Waals surface area (Å²) in [6.45, 7) is 0. The van der Waals surface area contributed by atoms with Crippen LogP contribution in [0.3, 0.4) is 0 Å². The molecule has 0 aliphatic heterocycles. The third-order valence-corrected chi connectivity index (χ3v) is 14.1. The topological polar surface area (TPSA) is 0 Å². The summed E-state index contributed by atoms with van der Waals surface area (Å²) in [5.74, 6) is 3.38. The molecule has 0 unspecified atom stereocenters. The van der Waals surface area contributed by atoms with Gasteiger partial charge in [0.05, 0.1) is 0 Å². The van der Waals surface area contributed by atoms with Crippen LogP contribution in [-0.2, 0) is 5.41 Å². The molecule has 0 heteroatoms. The van der Waals surface area contributed by atoms with Crippen LogP contribution in [0.1, 0.15) is 43.2 Å². The maximum Gasteiger partial charge on any atom is 0.0272 e. The number of fused-ring (bicyclic) bond motifs is 6. The highest BCUT2D eigenvalue weighted by atomic mass is 14.6. The molecule has 0 heterocycles. The van der Waals surface area contributed by atoms with Crippen LogP contribution in [0, 0.1) is 23.7 Å². The molecule has 0 nitrogen and oxygen atoms in total. The van der Waals surface area contributed by atoms with Gasteiger partial charge in [0.15, 0.2) is 0 Å². The van der Waals surface area contributed by atoms with Gasteiger partial charge in [0, 0.05) is 5.41 Å². The van der Waals surface area contributed by atoms with Crippen LogP contribution in [0.4, 0.5) is 0 Å². The summed E-state index contributed by atoms with van der Waals surface area (Å²) in [4.78, 5) is 0. The van der Waals surface area contributed by atoms with Gasteiger partial charge >= 0.3 is 0 Å². The van der Waals surface area contributed by atoms with Gasteiger partial charge < -0.3 is 0 Å². The standard InChI is InChI=1S/C52H40/c1-2-12-34(13-3-1)38-24-25-47(40-15-5-4-14-39(38)40)51-45-19-8-6-17-43(45)50(44-18-7-9-20-46(44)51)35-22-23-42-41-16-10-11-21-48(41)52(49(42)31-35)36-27-32-26-33(29-36)30-37(52)28-32/h1-25,31-33,36-37H,26-30H2. The summed E-state index contributed by atoms with van der Waals surface area (Å²) in [6.07, 6.45) is 7.10. The molecule has 0 amide bonds. The normalized spacial score (nSPS) is 23.8. The lowest BCUT2D eigenvalue weighted by atomic mass is 9.43. The van der Waals surface area contributed by atoms with E-state index in [0.29, 0.717) is 0 Å². The molecule has 0 atom stereocenters. The Balaban J connectivity index is 1.12. The van der Waals surface area contributed by atoms with Gasteiger partial charge in [-0.2, -0.15) is 0 Å². The van der Waals surface area contributed by atoms with E-state index in [0.717, 1.165) is 23.7 Å². The van der Waals surface area contributed by atoms with Gasteiger partial charge in [0.1, 0.15) is 0 Å². The molecule has 4 fully saturated rings. The third-order valence-electron chi connectivity index (χ3n) is 14.1. The molecule has 1 spiro atoms. The number of hydrogen-bond donors (Lipinski definition) is 0. The predicted molar refractivity (Wildman–Crippen MR) is 219 cm³/mol. The Morgan fingerprint density at radius 2 is 0.808 bits per heavy atom. The average Bonchev–Trinajstić information content (AvgIpc) is 3.49. The monoisotopic (exact) mass is 664 g/mol. The maximum atomic E-state index is 2.68. The molecule has 52 heavy (non-hydrogen) atoms. The van der Waals surface area contributed by atoms with E-state index in [4.69, 9.17) is 0 Å². The second kappa shape index (κ2) is 10.8. The van der Waals surface area contributed by atoms with Crippen molar-refractivity contribution in [3.05, 3.63) is 169 Å². The van der Waals surface area contributed by atoms with Gasteiger partial charge in [0.2, 0.25) is 0 Å². The van der Waals surface area contributed by atoms with Crippen molar-refractivity contribution in [1.29, 1.82) is 0 Å². The molecule has 0 radical (unpaired) electrons. The van der Waals surface area contributed by atoms with E-state index in [1.54, 1.807) is 11.1 Å². The second-order valence-corrected chi connectivity index (χ2v) is 16.4. The maximum absolute atomic E-state index is 2.68. The van der Waals surface area contributed by atoms with Crippen molar-refractivity contribution in [2.45, 2.75) is 37.5 Å². The highest BCUT2D eigenvalue weighted by Gasteiger charge is 2.61. The Hall–Kier alpha value is -5.46. The minimum absolute atomic E-state index is 0.153. The van der Waals surface area contributed by atoms with Crippen molar-refractivity contribution in [2.75, 3.05) is 0 Å². The highest BCUT2D eigenvalue weighted by Crippen LogP contribution is 2.69. The predicted octanol–water partition coefficient (Wildman–Crippen LogP) is 13.9. The van der Waals surface area contributed by atoms with Crippen molar-refractivity contribution >= 4 is 32.3 Å². The van der Waals surface area contributed by atoms with E-state index >= 15 is 0 Å². The molecule has 13 rings (SSSR count). The van der Waals surface area contributed by atoms with Crippen LogP contribution in [0.2, 0.25) is 0 Å². The molecular weight excluding hydrogens is 625 g/mol. The number of hydrogen-bond acceptors (Lipinski definition) is 0. The van der Waals surface area contributed by atoms with E-state index in [2.05, 4.69) is 158 Å². The smallest absolute Gasteiger partial charge is 0.0272 e. The Morgan fingerprint density at radius 3 is 1.46 bits per heavy atom. The van der Waals surface area contributed by atoms with Crippen LogP contribution in [0.25, 0.3) is 76.8 Å². The summed E-state index contributed by atoms with van der Waals surface area (Å²) in [5, 5.41) is 7.90. The molecule has 8 aromatic rings. The van der Waals surface area contributed by atoms with Gasteiger partial charge in [-0.25, -0.2) is 0 Å². The molecule has 4 saturated carbocycles. The van der Waals surface area contributed by atoms with Gasteiger partial charge in [0.25, 0.3) is 0 Å². The third kappa shape index (κ3) is 3.83. The van der Waals surface area contributed by atoms with Crippen LogP contribution in [0.15, 0.2) is 158 Å². The zero-order chi connectivity index (χ0) is 34.0. The Kier molecular flexibility index (Phi) is 6.04. The molecule has 8 aromatic carbocycles. The van der Waals surface area contributed by atoms with Gasteiger partial charge in [-0.3, -0.25) is 0 Å². The Labute approximate surface area is 305 Å². The zero-order valence-corrected chi connectivity index (χ0v) is 29.4. The minimum Gasteiger partial charge on any atom is -0.0622 e. The summed E-state index contributed by atoms with van der Waals surface area (Å²) in [7, 11) is 0. The van der Waals surface area contributed by atoms with E-state index in [1.165, 1.54) is 109 Å². The second-order valence-electron chi connectivity index (χ2n) is 16.4. The fraction of sp³-hybridized carbons (Fsp3) is 0.192. The molecule has 5 aliphatic rings. The Bertz CT molecular complexity index is 2660. The molecule has 5 aliphatic carbocycles. The summed E-state index contributed by atoms with van der Waals surface area (Å²) in [5.41, 5.74) is 14.3. The van der Waals surface area contributed by atoms with Crippen molar-refractivity contribution in [3.8, 4) is 44.5 Å². The fourth-order valence-corrected chi connectivity index (χ4v) is 12.4. The Morgan fingerprint density at radius 1 is 0.327 bits per heavy atom. The summed E-state index contributed by atoms with van der Waals surface area (Å²) >= 11 is 0. The summed E-state index contributed by atoms with van der Waals surface area (Å²) < 4.78 is 0. The van der Waals surface area contributed by atoms with Crippen molar-refractivity contribution in [3.63, 3.8) is 0 Å². The van der Waals surface area contributed by atoms with Gasteiger partial charge in [-0.05, 0) is 150 Å². The molecule has 0 saturated heterocycles. The first-order chi connectivity index (χ1) is 25.8. The summed E-state index contributed by atoms with van der Waals surface area (Å²) in [6, 6.07) is 60.1. The molecule has 4 bridgehead atoms. The lowest BCUT2D eigenvalue weighted by Gasteiger charge is -2.61. The van der Waals surface area contributed by atoms with E-state index < -0.39 is 0 Å². The van der Waals surface area contributed by atoms with Gasteiger partial charge in [-0.15, -0.1) is 0 Å². The SMILES string of the molecule is c1ccc(-c2ccc(-c3c4ccccc4c(-c4ccc5c(c4)C4(c6ccccc6-5)C5CC6CC(C5)CC4C6)c4ccccc34)c3ccccc23)cc1. The first-order valence-corrected chi connectivity index (χ1v) is 19.5. The molecule has 0 aromatic heterocycles. The van der Waals surface area contributed by atoms with Crippen molar-refractivity contribution in [2.24, 2.45) is 23.7 Å². The minimum atomic E-state index is 0.153.